The zero-order valence-corrected chi connectivity index (χ0v) is 14.4. The number of para-hydroxylation sites is 1. The number of nitrogens with zero attached hydrogens (tertiary/aromatic N) is 2. The van der Waals surface area contributed by atoms with Crippen molar-refractivity contribution in [2.45, 2.75) is 45.2 Å². The van der Waals surface area contributed by atoms with Gasteiger partial charge in [0.15, 0.2) is 11.6 Å². The van der Waals surface area contributed by atoms with Crippen LogP contribution in [0.3, 0.4) is 0 Å². The average Bonchev–Trinajstić information content (AvgIpc) is 3.10. The Hall–Kier alpha value is -1.13. The van der Waals surface area contributed by atoms with Crippen LogP contribution < -0.4 is 4.74 Å². The fraction of sp³-hybridized carbons (Fsp3) is 0.684. The molecule has 1 atom stereocenters. The first kappa shape index (κ1) is 16.7. The Morgan fingerprint density at radius 2 is 1.87 bits per heavy atom. The Kier molecular flexibility index (Phi) is 5.54. The van der Waals surface area contributed by atoms with E-state index in [4.69, 9.17) is 4.74 Å². The van der Waals surface area contributed by atoms with Crippen molar-refractivity contribution in [3.05, 3.63) is 29.6 Å². The molecule has 23 heavy (non-hydrogen) atoms. The quantitative estimate of drug-likeness (QED) is 0.825. The molecule has 0 N–H and O–H groups in total. The maximum absolute atomic E-state index is 13.8. The lowest BCUT2D eigenvalue weighted by Gasteiger charge is -2.38. The van der Waals surface area contributed by atoms with Crippen LogP contribution in [-0.4, -0.2) is 49.1 Å². The van der Waals surface area contributed by atoms with E-state index in [1.54, 1.807) is 13.2 Å². The van der Waals surface area contributed by atoms with Crippen molar-refractivity contribution in [2.75, 3.05) is 33.3 Å². The van der Waals surface area contributed by atoms with Crippen LogP contribution in [0.1, 0.15) is 38.2 Å². The van der Waals surface area contributed by atoms with Gasteiger partial charge >= 0.3 is 0 Å². The van der Waals surface area contributed by atoms with Gasteiger partial charge in [0, 0.05) is 18.2 Å². The van der Waals surface area contributed by atoms with Gasteiger partial charge in [0.05, 0.1) is 7.11 Å². The Morgan fingerprint density at radius 3 is 2.52 bits per heavy atom. The van der Waals surface area contributed by atoms with Crippen molar-refractivity contribution in [3.8, 4) is 5.75 Å². The first-order valence-corrected chi connectivity index (χ1v) is 8.97. The fourth-order valence-electron chi connectivity index (χ4n) is 4.19. The van der Waals surface area contributed by atoms with Crippen molar-refractivity contribution >= 4 is 0 Å². The lowest BCUT2D eigenvalue weighted by molar-refractivity contribution is 0.107. The number of rotatable bonds is 5. The molecule has 4 heteroatoms. The van der Waals surface area contributed by atoms with Crippen LogP contribution in [0, 0.1) is 11.7 Å². The Balaban J connectivity index is 1.54. The third-order valence-electron chi connectivity index (χ3n) is 5.68. The highest BCUT2D eigenvalue weighted by Gasteiger charge is 2.29. The molecule has 0 amide bonds. The minimum absolute atomic E-state index is 0.262. The van der Waals surface area contributed by atoms with Crippen LogP contribution in [-0.2, 0) is 6.54 Å². The van der Waals surface area contributed by atoms with E-state index >= 15 is 0 Å². The predicted molar refractivity (Wildman–Crippen MR) is 91.2 cm³/mol. The SMILES string of the molecule is COc1c(F)cccc1CN1CCC(C(C)N2CCCC2)CC1. The zero-order chi connectivity index (χ0) is 16.2. The Bertz CT molecular complexity index is 508. The molecule has 2 saturated heterocycles. The Labute approximate surface area is 139 Å². The maximum Gasteiger partial charge on any atom is 0.165 e. The molecule has 3 nitrogen and oxygen atoms in total. The van der Waals surface area contributed by atoms with E-state index in [0.29, 0.717) is 11.8 Å². The van der Waals surface area contributed by atoms with Crippen LogP contribution in [0.5, 0.6) is 5.75 Å². The number of piperidine rings is 1. The highest BCUT2D eigenvalue weighted by Crippen LogP contribution is 2.29. The van der Waals surface area contributed by atoms with Gasteiger partial charge in [-0.15, -0.1) is 0 Å². The van der Waals surface area contributed by atoms with Gasteiger partial charge in [-0.25, -0.2) is 4.39 Å². The number of ether oxygens (including phenoxy) is 1. The molecule has 0 aliphatic carbocycles. The van der Waals surface area contributed by atoms with E-state index < -0.39 is 0 Å². The van der Waals surface area contributed by atoms with Crippen LogP contribution in [0.15, 0.2) is 18.2 Å². The van der Waals surface area contributed by atoms with Gasteiger partial charge in [-0.1, -0.05) is 12.1 Å². The Morgan fingerprint density at radius 1 is 1.17 bits per heavy atom. The minimum Gasteiger partial charge on any atom is -0.493 e. The van der Waals surface area contributed by atoms with E-state index in [9.17, 15) is 4.39 Å². The third kappa shape index (κ3) is 3.86. The van der Waals surface area contributed by atoms with E-state index in [2.05, 4.69) is 16.7 Å². The average molecular weight is 320 g/mol. The smallest absolute Gasteiger partial charge is 0.165 e. The second-order valence-corrected chi connectivity index (χ2v) is 7.03. The van der Waals surface area contributed by atoms with Gasteiger partial charge in [-0.05, 0) is 70.8 Å². The number of benzene rings is 1. The molecule has 2 aliphatic rings. The van der Waals surface area contributed by atoms with Gasteiger partial charge in [0.25, 0.3) is 0 Å². The minimum atomic E-state index is -0.262. The first-order valence-electron chi connectivity index (χ1n) is 8.97. The second kappa shape index (κ2) is 7.63. The summed E-state index contributed by atoms with van der Waals surface area (Å²) in [5.74, 6) is 0.946. The summed E-state index contributed by atoms with van der Waals surface area (Å²) in [5.41, 5.74) is 0.957. The van der Waals surface area contributed by atoms with Crippen molar-refractivity contribution in [1.29, 1.82) is 0 Å². The van der Waals surface area contributed by atoms with E-state index in [-0.39, 0.29) is 5.82 Å². The molecule has 1 aromatic rings. The zero-order valence-electron chi connectivity index (χ0n) is 14.4. The van der Waals surface area contributed by atoms with Gasteiger partial charge in [-0.2, -0.15) is 0 Å². The number of hydrogen-bond acceptors (Lipinski definition) is 3. The van der Waals surface area contributed by atoms with Crippen LogP contribution in [0.4, 0.5) is 4.39 Å². The second-order valence-electron chi connectivity index (χ2n) is 7.03. The summed E-state index contributed by atoms with van der Waals surface area (Å²) < 4.78 is 19.0. The fourth-order valence-corrected chi connectivity index (χ4v) is 4.19. The van der Waals surface area contributed by atoms with Crippen molar-refractivity contribution in [1.82, 2.24) is 9.80 Å². The molecule has 0 spiro atoms. The molecule has 3 rings (SSSR count). The van der Waals surface area contributed by atoms with Gasteiger partial charge in [0.1, 0.15) is 0 Å². The number of hydrogen-bond donors (Lipinski definition) is 0. The van der Waals surface area contributed by atoms with E-state index in [0.717, 1.165) is 31.1 Å². The molecule has 2 aliphatic heterocycles. The van der Waals surface area contributed by atoms with Crippen LogP contribution >= 0.6 is 0 Å². The summed E-state index contributed by atoms with van der Waals surface area (Å²) in [4.78, 5) is 5.10. The van der Waals surface area contributed by atoms with Crippen LogP contribution in [0.25, 0.3) is 0 Å². The molecule has 0 saturated carbocycles. The first-order chi connectivity index (χ1) is 11.2. The van der Waals surface area contributed by atoms with Crippen LogP contribution in [0.2, 0.25) is 0 Å². The van der Waals surface area contributed by atoms with Gasteiger partial charge in [-0.3, -0.25) is 4.90 Å². The highest BCUT2D eigenvalue weighted by atomic mass is 19.1. The molecular formula is C19H29FN2O. The number of likely N-dealkylation sites (tertiary alicyclic amines) is 2. The maximum atomic E-state index is 13.8. The number of methoxy groups -OCH3 is 1. The lowest BCUT2D eigenvalue weighted by atomic mass is 9.89. The molecule has 2 heterocycles. The molecule has 128 valence electrons. The standard InChI is InChI=1S/C19H29FN2O/c1-15(22-10-3-4-11-22)16-8-12-21(13-9-16)14-17-6-5-7-18(20)19(17)23-2/h5-7,15-16H,3-4,8-14H2,1-2H3. The highest BCUT2D eigenvalue weighted by molar-refractivity contribution is 5.34. The number of halogens is 1. The molecule has 1 aromatic carbocycles. The summed E-state index contributed by atoms with van der Waals surface area (Å²) in [6.07, 6.45) is 5.22. The predicted octanol–water partition coefficient (Wildman–Crippen LogP) is 3.53. The van der Waals surface area contributed by atoms with Gasteiger partial charge < -0.3 is 9.64 Å². The topological polar surface area (TPSA) is 15.7 Å². The largest absolute Gasteiger partial charge is 0.493 e. The molecule has 0 aromatic heterocycles. The summed E-state index contributed by atoms with van der Waals surface area (Å²) in [6.45, 7) is 7.95. The molecule has 1 unspecified atom stereocenters. The third-order valence-corrected chi connectivity index (χ3v) is 5.68. The molecule has 0 bridgehead atoms. The van der Waals surface area contributed by atoms with Crippen molar-refractivity contribution < 1.29 is 9.13 Å². The summed E-state index contributed by atoms with van der Waals surface area (Å²) >= 11 is 0. The van der Waals surface area contributed by atoms with Gasteiger partial charge in [0.2, 0.25) is 0 Å². The lowest BCUT2D eigenvalue weighted by Crippen LogP contribution is -2.42. The summed E-state index contributed by atoms with van der Waals surface area (Å²) in [7, 11) is 1.55. The molecule has 0 radical (unpaired) electrons. The molecule has 2 fully saturated rings. The van der Waals surface area contributed by atoms with E-state index in [1.807, 2.05) is 6.07 Å². The van der Waals surface area contributed by atoms with E-state index in [1.165, 1.54) is 44.8 Å². The van der Waals surface area contributed by atoms with Crippen molar-refractivity contribution in [3.63, 3.8) is 0 Å². The van der Waals surface area contributed by atoms with Crippen molar-refractivity contribution in [2.24, 2.45) is 5.92 Å². The summed E-state index contributed by atoms with van der Waals surface area (Å²) in [5, 5.41) is 0. The monoisotopic (exact) mass is 320 g/mol. The summed E-state index contributed by atoms with van der Waals surface area (Å²) in [6, 6.07) is 5.92. The molecular weight excluding hydrogens is 291 g/mol. The normalized spacial score (nSPS) is 22.4.